The Morgan fingerprint density at radius 2 is 2.08 bits per heavy atom. The summed E-state index contributed by atoms with van der Waals surface area (Å²) in [6, 6.07) is 6.01. The van der Waals surface area contributed by atoms with Gasteiger partial charge in [-0.1, -0.05) is 29.3 Å². The summed E-state index contributed by atoms with van der Waals surface area (Å²) in [5.41, 5.74) is 0.978. The molecule has 1 unspecified atom stereocenters. The lowest BCUT2D eigenvalue weighted by molar-refractivity contribution is 0.675. The number of halogens is 3. The Morgan fingerprint density at radius 3 is 2.65 bits per heavy atom. The summed E-state index contributed by atoms with van der Waals surface area (Å²) < 4.78 is 1.94. The first-order chi connectivity index (χ1) is 11.9. The topological polar surface area (TPSA) is 67.1 Å². The predicted molar refractivity (Wildman–Crippen MR) is 116 cm³/mol. The molecule has 0 aliphatic heterocycles. The molecule has 142 valence electrons. The van der Waals surface area contributed by atoms with Gasteiger partial charge < -0.3 is 15.2 Å². The molecule has 1 fully saturated rings. The van der Waals surface area contributed by atoms with E-state index in [1.165, 1.54) is 12.8 Å². The SMILES string of the molecule is Cc1nnc(CN=C(NC2CC2)NC(C)c2ccc(Cl)cc2Cl)n1C.I. The van der Waals surface area contributed by atoms with Gasteiger partial charge in [-0.25, -0.2) is 4.99 Å². The van der Waals surface area contributed by atoms with Crippen molar-refractivity contribution in [2.45, 2.75) is 45.3 Å². The summed E-state index contributed by atoms with van der Waals surface area (Å²) in [5.74, 6) is 2.45. The third-order valence-corrected chi connectivity index (χ3v) is 4.82. The number of nitrogens with zero attached hydrogens (tertiary/aromatic N) is 4. The van der Waals surface area contributed by atoms with Crippen molar-refractivity contribution in [2.24, 2.45) is 12.0 Å². The van der Waals surface area contributed by atoms with E-state index in [0.29, 0.717) is 22.6 Å². The Balaban J connectivity index is 0.00000243. The van der Waals surface area contributed by atoms with Gasteiger partial charge in [0.25, 0.3) is 0 Å². The first-order valence-corrected chi connectivity index (χ1v) is 9.07. The zero-order valence-electron chi connectivity index (χ0n) is 15.0. The molecule has 9 heteroatoms. The summed E-state index contributed by atoms with van der Waals surface area (Å²) >= 11 is 12.3. The lowest BCUT2D eigenvalue weighted by Crippen LogP contribution is -2.40. The molecule has 6 nitrogen and oxygen atoms in total. The van der Waals surface area contributed by atoms with Crippen molar-refractivity contribution >= 4 is 53.1 Å². The van der Waals surface area contributed by atoms with Crippen LogP contribution in [0.3, 0.4) is 0 Å². The molecule has 1 heterocycles. The van der Waals surface area contributed by atoms with Gasteiger partial charge in [-0.15, -0.1) is 34.2 Å². The van der Waals surface area contributed by atoms with Gasteiger partial charge in [0.1, 0.15) is 12.4 Å². The molecule has 26 heavy (non-hydrogen) atoms. The van der Waals surface area contributed by atoms with Crippen molar-refractivity contribution in [3.05, 3.63) is 45.5 Å². The van der Waals surface area contributed by atoms with E-state index in [0.717, 1.165) is 23.2 Å². The first kappa shape index (κ1) is 21.2. The van der Waals surface area contributed by atoms with Gasteiger partial charge in [-0.05, 0) is 44.4 Å². The van der Waals surface area contributed by atoms with E-state index in [9.17, 15) is 0 Å². The third kappa shape index (κ3) is 5.47. The minimum absolute atomic E-state index is 0. The van der Waals surface area contributed by atoms with E-state index < -0.39 is 0 Å². The van der Waals surface area contributed by atoms with Gasteiger partial charge >= 0.3 is 0 Å². The molecule has 1 aliphatic rings. The summed E-state index contributed by atoms with van der Waals surface area (Å²) in [6.45, 7) is 4.43. The van der Waals surface area contributed by atoms with Crippen molar-refractivity contribution in [1.82, 2.24) is 25.4 Å². The number of aryl methyl sites for hydroxylation is 1. The second kappa shape index (κ2) is 9.23. The predicted octanol–water partition coefficient (Wildman–Crippen LogP) is 4.01. The van der Waals surface area contributed by atoms with Crippen molar-refractivity contribution in [3.8, 4) is 0 Å². The summed E-state index contributed by atoms with van der Waals surface area (Å²) in [5, 5.41) is 16.3. The van der Waals surface area contributed by atoms with Gasteiger partial charge in [0.05, 0.1) is 6.04 Å². The highest BCUT2D eigenvalue weighted by molar-refractivity contribution is 14.0. The highest BCUT2D eigenvalue weighted by Crippen LogP contribution is 2.26. The minimum atomic E-state index is -0.00370. The largest absolute Gasteiger partial charge is 0.354 e. The highest BCUT2D eigenvalue weighted by Gasteiger charge is 2.23. The van der Waals surface area contributed by atoms with Crippen LogP contribution in [0.15, 0.2) is 23.2 Å². The number of guanidine groups is 1. The molecule has 1 aromatic carbocycles. The maximum absolute atomic E-state index is 6.32. The van der Waals surface area contributed by atoms with Gasteiger partial charge in [0, 0.05) is 23.1 Å². The number of nitrogens with one attached hydrogen (secondary N) is 2. The van der Waals surface area contributed by atoms with Crippen LogP contribution in [0.25, 0.3) is 0 Å². The molecule has 0 radical (unpaired) electrons. The van der Waals surface area contributed by atoms with Crippen LogP contribution in [-0.4, -0.2) is 26.8 Å². The van der Waals surface area contributed by atoms with Crippen molar-refractivity contribution in [3.63, 3.8) is 0 Å². The molecule has 1 aliphatic carbocycles. The van der Waals surface area contributed by atoms with E-state index >= 15 is 0 Å². The third-order valence-electron chi connectivity index (χ3n) is 4.26. The molecule has 0 saturated heterocycles. The van der Waals surface area contributed by atoms with E-state index in [1.54, 1.807) is 6.07 Å². The first-order valence-electron chi connectivity index (χ1n) is 8.31. The molecule has 1 atom stereocenters. The van der Waals surface area contributed by atoms with Gasteiger partial charge in [0.2, 0.25) is 0 Å². The number of aliphatic imine (C=N–C) groups is 1. The molecular weight excluding hydrogens is 486 g/mol. The second-order valence-corrected chi connectivity index (χ2v) is 7.18. The standard InChI is InChI=1S/C17H22Cl2N6.HI/c1-10(14-7-4-12(18)8-15(14)19)21-17(22-13-5-6-13)20-9-16-24-23-11(2)25(16)3;/h4,7-8,10,13H,5-6,9H2,1-3H3,(H2,20,21,22);1H. The molecule has 1 saturated carbocycles. The van der Waals surface area contributed by atoms with Gasteiger partial charge in [-0.2, -0.15) is 0 Å². The lowest BCUT2D eigenvalue weighted by atomic mass is 10.1. The fourth-order valence-corrected chi connectivity index (χ4v) is 3.00. The lowest BCUT2D eigenvalue weighted by Gasteiger charge is -2.19. The van der Waals surface area contributed by atoms with Crippen LogP contribution in [-0.2, 0) is 13.6 Å². The Labute approximate surface area is 180 Å². The van der Waals surface area contributed by atoms with E-state index in [4.69, 9.17) is 23.2 Å². The number of benzene rings is 1. The monoisotopic (exact) mass is 508 g/mol. The molecule has 1 aromatic heterocycles. The van der Waals surface area contributed by atoms with Crippen LogP contribution in [0.2, 0.25) is 10.0 Å². The van der Waals surface area contributed by atoms with Crippen LogP contribution < -0.4 is 10.6 Å². The Kier molecular flexibility index (Phi) is 7.54. The van der Waals surface area contributed by atoms with Crippen LogP contribution in [0.1, 0.15) is 43.0 Å². The smallest absolute Gasteiger partial charge is 0.192 e. The number of aromatic nitrogens is 3. The molecule has 0 bridgehead atoms. The number of hydrogen-bond donors (Lipinski definition) is 2. The molecule has 3 rings (SSSR count). The zero-order chi connectivity index (χ0) is 18.0. The van der Waals surface area contributed by atoms with Gasteiger partial charge in [0.15, 0.2) is 11.8 Å². The molecule has 0 amide bonds. The summed E-state index contributed by atoms with van der Waals surface area (Å²) in [4.78, 5) is 4.66. The maximum atomic E-state index is 6.32. The second-order valence-electron chi connectivity index (χ2n) is 6.34. The van der Waals surface area contributed by atoms with E-state index in [1.807, 2.05) is 37.6 Å². The molecular formula is C17H23Cl2IN6. The van der Waals surface area contributed by atoms with Crippen LogP contribution in [0.5, 0.6) is 0 Å². The average Bonchev–Trinajstić information content (AvgIpc) is 3.31. The maximum Gasteiger partial charge on any atom is 0.192 e. The fourth-order valence-electron chi connectivity index (χ4n) is 2.43. The van der Waals surface area contributed by atoms with Crippen LogP contribution in [0, 0.1) is 6.92 Å². The normalized spacial score (nSPS) is 15.3. The average molecular weight is 509 g/mol. The summed E-state index contributed by atoms with van der Waals surface area (Å²) in [7, 11) is 1.94. The van der Waals surface area contributed by atoms with E-state index in [2.05, 4.69) is 25.8 Å². The van der Waals surface area contributed by atoms with Gasteiger partial charge in [-0.3, -0.25) is 0 Å². The Bertz CT molecular complexity index is 788. The quantitative estimate of drug-likeness (QED) is 0.364. The van der Waals surface area contributed by atoms with E-state index in [-0.39, 0.29) is 30.0 Å². The zero-order valence-corrected chi connectivity index (χ0v) is 18.8. The summed E-state index contributed by atoms with van der Waals surface area (Å²) in [6.07, 6.45) is 2.33. The fraction of sp³-hybridized carbons (Fsp3) is 0.471. The number of hydrogen-bond acceptors (Lipinski definition) is 3. The Hall–Kier alpha value is -1.06. The highest BCUT2D eigenvalue weighted by atomic mass is 127. The number of rotatable bonds is 5. The molecule has 2 N–H and O–H groups in total. The molecule has 2 aromatic rings. The minimum Gasteiger partial charge on any atom is -0.354 e. The van der Waals surface area contributed by atoms with Crippen LogP contribution in [0.4, 0.5) is 0 Å². The van der Waals surface area contributed by atoms with Crippen molar-refractivity contribution in [2.75, 3.05) is 0 Å². The van der Waals surface area contributed by atoms with Crippen molar-refractivity contribution < 1.29 is 0 Å². The molecule has 0 spiro atoms. The Morgan fingerprint density at radius 1 is 1.35 bits per heavy atom. The van der Waals surface area contributed by atoms with Crippen molar-refractivity contribution in [1.29, 1.82) is 0 Å². The van der Waals surface area contributed by atoms with Crippen LogP contribution >= 0.6 is 47.2 Å².